The average molecular weight is 608 g/mol. The molecule has 0 unspecified atom stereocenters. The fraction of sp³-hybridized carbons (Fsp3) is 0.133. The van der Waals surface area contributed by atoms with Gasteiger partial charge in [-0.2, -0.15) is 0 Å². The summed E-state index contributed by atoms with van der Waals surface area (Å²) in [7, 11) is 0. The topological polar surface area (TPSA) is 63.6 Å². The molecule has 0 fully saturated rings. The van der Waals surface area contributed by atoms with Gasteiger partial charge in [-0.15, -0.1) is 0 Å². The minimum absolute atomic E-state index is 0.345. The van der Waals surface area contributed by atoms with Crippen molar-refractivity contribution in [3.8, 4) is 22.6 Å². The van der Waals surface area contributed by atoms with Crippen LogP contribution in [0.4, 0.5) is 11.6 Å². The first-order chi connectivity index (χ1) is 18.0. The van der Waals surface area contributed by atoms with Crippen molar-refractivity contribution >= 4 is 51.5 Å². The van der Waals surface area contributed by atoms with Gasteiger partial charge in [0.05, 0.1) is 0 Å². The predicted molar refractivity (Wildman–Crippen MR) is 152 cm³/mol. The summed E-state index contributed by atoms with van der Waals surface area (Å²) < 4.78 is 18.4. The monoisotopic (exact) mass is 608 g/mol. The first-order valence-electron chi connectivity index (χ1n) is 12.0. The second-order valence-corrected chi connectivity index (χ2v) is 12.7. The van der Waals surface area contributed by atoms with E-state index in [0.717, 1.165) is 34.3 Å². The molecular formula is C30H26As2N4O. The molecule has 0 saturated heterocycles. The summed E-state index contributed by atoms with van der Waals surface area (Å²) in [6, 6.07) is 24.8. The molecule has 2 aromatic carbocycles. The van der Waals surface area contributed by atoms with Gasteiger partial charge in [-0.25, -0.2) is 0 Å². The maximum atomic E-state index is 6.47. The van der Waals surface area contributed by atoms with E-state index >= 15 is 0 Å². The Hall–Kier alpha value is -3.26. The number of nitrogens with zero attached hydrogens (tertiary/aromatic N) is 4. The van der Waals surface area contributed by atoms with Crippen molar-refractivity contribution < 1.29 is 4.42 Å². The van der Waals surface area contributed by atoms with Gasteiger partial charge in [-0.3, -0.25) is 0 Å². The Morgan fingerprint density at radius 1 is 0.568 bits per heavy atom. The summed E-state index contributed by atoms with van der Waals surface area (Å²) in [6.07, 6.45) is 3.56. The summed E-state index contributed by atoms with van der Waals surface area (Å²) in [5.41, 5.74) is 7.11. The molecule has 0 radical (unpaired) electrons. The molecule has 0 aliphatic rings. The van der Waals surface area contributed by atoms with Crippen molar-refractivity contribution in [3.63, 3.8) is 0 Å². The van der Waals surface area contributed by atoms with Gasteiger partial charge in [0.25, 0.3) is 0 Å². The number of benzene rings is 2. The van der Waals surface area contributed by atoms with Gasteiger partial charge in [0, 0.05) is 0 Å². The third kappa shape index (κ3) is 6.01. The summed E-state index contributed by atoms with van der Waals surface area (Å²) in [5, 5.41) is 0. The van der Waals surface area contributed by atoms with Gasteiger partial charge in [-0.1, -0.05) is 0 Å². The molecule has 0 amide bonds. The predicted octanol–water partition coefficient (Wildman–Crippen LogP) is 6.33. The van der Waals surface area contributed by atoms with Gasteiger partial charge in [-0.05, 0) is 0 Å². The van der Waals surface area contributed by atoms with Crippen LogP contribution in [0.3, 0.4) is 0 Å². The number of aromatic nitrogens is 2. The van der Waals surface area contributed by atoms with E-state index in [1.165, 1.54) is 31.0 Å². The van der Waals surface area contributed by atoms with E-state index in [1.807, 2.05) is 36.4 Å². The summed E-state index contributed by atoms with van der Waals surface area (Å²) >= 11 is -0.689. The van der Waals surface area contributed by atoms with Gasteiger partial charge in [0.2, 0.25) is 0 Å². The van der Waals surface area contributed by atoms with Crippen molar-refractivity contribution in [2.45, 2.75) is 27.7 Å². The first-order valence-corrected chi connectivity index (χ1v) is 15.5. The maximum absolute atomic E-state index is 6.47. The van der Waals surface area contributed by atoms with E-state index in [4.69, 9.17) is 12.1 Å². The van der Waals surface area contributed by atoms with Crippen molar-refractivity contribution in [1.82, 2.24) is 9.97 Å². The second kappa shape index (κ2) is 11.4. The van der Waals surface area contributed by atoms with Crippen LogP contribution in [-0.2, 0) is 0 Å². The zero-order chi connectivity index (χ0) is 25.8. The molecule has 3 aromatic heterocycles. The normalized spacial score (nSPS) is 11.6. The van der Waals surface area contributed by atoms with E-state index in [2.05, 4.69) is 74.1 Å². The van der Waals surface area contributed by atoms with Crippen molar-refractivity contribution in [3.05, 3.63) is 107 Å². The number of hydrogen-bond donors (Lipinski definition) is 0. The summed E-state index contributed by atoms with van der Waals surface area (Å²) in [6.45, 7) is 8.59. The zero-order valence-electron chi connectivity index (χ0n) is 21.2. The number of rotatable bonds is 6. The Kier molecular flexibility index (Phi) is 7.84. The molecule has 7 heteroatoms. The Labute approximate surface area is 230 Å². The van der Waals surface area contributed by atoms with Crippen molar-refractivity contribution in [2.75, 3.05) is 0 Å². The van der Waals surface area contributed by atoms with Crippen LogP contribution in [-0.4, -0.2) is 41.1 Å². The quantitative estimate of drug-likeness (QED) is 0.212. The van der Waals surface area contributed by atoms with E-state index in [1.54, 1.807) is 12.4 Å². The van der Waals surface area contributed by atoms with Crippen LogP contribution in [0, 0.1) is 27.7 Å². The molecule has 0 aliphatic heterocycles. The number of pyridine rings is 2. The van der Waals surface area contributed by atoms with Crippen LogP contribution in [0.5, 0.6) is 0 Å². The number of hydrogen-bond acceptors (Lipinski definition) is 5. The average Bonchev–Trinajstić information content (AvgIpc) is 3.35. The van der Waals surface area contributed by atoms with Gasteiger partial charge < -0.3 is 0 Å². The molecule has 3 heterocycles. The minimum atomic E-state index is -0.345. The molecule has 5 nitrogen and oxygen atoms in total. The molecule has 182 valence electrons. The molecule has 5 aromatic rings. The molecular weight excluding hydrogens is 582 g/mol. The SMILES string of the molecule is Cc1cc([As]=Nc2ccccn2)cc(C)c1-c1ccc(-c2c(C)cc([As]=Nc3ccccn3)cc2C)o1. The van der Waals surface area contributed by atoms with E-state index in [-0.39, 0.29) is 31.1 Å². The summed E-state index contributed by atoms with van der Waals surface area (Å²) in [4.78, 5) is 8.63. The molecule has 5 rings (SSSR count). The molecule has 0 atom stereocenters. The third-order valence-electron chi connectivity index (χ3n) is 5.97. The van der Waals surface area contributed by atoms with E-state index in [9.17, 15) is 0 Å². The van der Waals surface area contributed by atoms with Crippen LogP contribution in [0.1, 0.15) is 22.3 Å². The Balaban J connectivity index is 1.41. The molecule has 37 heavy (non-hydrogen) atoms. The summed E-state index contributed by atoms with van der Waals surface area (Å²) in [5.74, 6) is 3.38. The Morgan fingerprint density at radius 3 is 1.32 bits per heavy atom. The molecule has 0 aliphatic carbocycles. The second-order valence-electron chi connectivity index (χ2n) is 8.85. The number of aryl methyl sites for hydroxylation is 4. The zero-order valence-corrected chi connectivity index (χ0v) is 24.9. The molecule has 0 saturated carbocycles. The van der Waals surface area contributed by atoms with E-state index in [0.29, 0.717) is 0 Å². The fourth-order valence-corrected chi connectivity index (χ4v) is 7.95. The van der Waals surface area contributed by atoms with Crippen LogP contribution >= 0.6 is 0 Å². The fourth-order valence-electron chi connectivity index (χ4n) is 4.42. The first kappa shape index (κ1) is 25.4. The Bertz CT molecular complexity index is 1440. The van der Waals surface area contributed by atoms with Crippen molar-refractivity contribution in [2.24, 2.45) is 7.72 Å². The van der Waals surface area contributed by atoms with Gasteiger partial charge in [0.1, 0.15) is 0 Å². The molecule has 0 N–H and O–H groups in total. The third-order valence-corrected chi connectivity index (χ3v) is 9.30. The van der Waals surface area contributed by atoms with Crippen LogP contribution < -0.4 is 8.70 Å². The van der Waals surface area contributed by atoms with Crippen LogP contribution in [0.15, 0.2) is 97.3 Å². The van der Waals surface area contributed by atoms with Crippen LogP contribution in [0.25, 0.3) is 22.6 Å². The molecule has 0 bridgehead atoms. The standard InChI is InChI=1S/C30H26As2N4O/c1-19-15-23(31-35-27-9-5-7-13-33-27)16-20(2)29(19)25-11-12-26(37-25)30-21(3)17-24(18-22(30)4)32-36-28-10-6-8-14-34-28/h5-18H,1-4H3. The van der Waals surface area contributed by atoms with Gasteiger partial charge >= 0.3 is 231 Å². The van der Waals surface area contributed by atoms with Crippen molar-refractivity contribution in [1.29, 1.82) is 0 Å². The van der Waals surface area contributed by atoms with Gasteiger partial charge in [0.15, 0.2) is 0 Å². The number of furan rings is 1. The van der Waals surface area contributed by atoms with Crippen LogP contribution in [0.2, 0.25) is 0 Å². The Morgan fingerprint density at radius 2 is 0.973 bits per heavy atom. The molecule has 0 spiro atoms. The van der Waals surface area contributed by atoms with E-state index < -0.39 is 0 Å².